The summed E-state index contributed by atoms with van der Waals surface area (Å²) in [7, 11) is 0. The highest BCUT2D eigenvalue weighted by atomic mass is 32.2. The molecule has 1 heterocycles. The SMILES string of the molecule is CCCNC(C)Cc1nc(CSc2cccc(F)c2)no1. The third-order valence-corrected chi connectivity index (χ3v) is 3.89. The van der Waals surface area contributed by atoms with Gasteiger partial charge in [-0.3, -0.25) is 0 Å². The summed E-state index contributed by atoms with van der Waals surface area (Å²) in [4.78, 5) is 5.22. The molecule has 21 heavy (non-hydrogen) atoms. The summed E-state index contributed by atoms with van der Waals surface area (Å²) in [6.07, 6.45) is 1.82. The Balaban J connectivity index is 1.82. The Kier molecular flexibility index (Phi) is 6.20. The van der Waals surface area contributed by atoms with Crippen LogP contribution in [0.2, 0.25) is 0 Å². The van der Waals surface area contributed by atoms with E-state index in [4.69, 9.17) is 4.52 Å². The highest BCUT2D eigenvalue weighted by Gasteiger charge is 2.10. The van der Waals surface area contributed by atoms with E-state index in [1.807, 2.05) is 6.07 Å². The second-order valence-electron chi connectivity index (χ2n) is 4.91. The van der Waals surface area contributed by atoms with Gasteiger partial charge in [0.25, 0.3) is 0 Å². The van der Waals surface area contributed by atoms with Gasteiger partial charge in [0, 0.05) is 17.4 Å². The minimum atomic E-state index is -0.232. The quantitative estimate of drug-likeness (QED) is 0.757. The fraction of sp³-hybridized carbons (Fsp3) is 0.467. The van der Waals surface area contributed by atoms with Gasteiger partial charge in [-0.05, 0) is 38.1 Å². The molecule has 0 saturated carbocycles. The van der Waals surface area contributed by atoms with Crippen LogP contribution >= 0.6 is 11.8 Å². The van der Waals surface area contributed by atoms with E-state index < -0.39 is 0 Å². The molecular weight excluding hydrogens is 289 g/mol. The van der Waals surface area contributed by atoms with Crippen molar-refractivity contribution in [2.75, 3.05) is 6.54 Å². The molecule has 0 radical (unpaired) electrons. The van der Waals surface area contributed by atoms with Crippen molar-refractivity contribution in [3.63, 3.8) is 0 Å². The van der Waals surface area contributed by atoms with Gasteiger partial charge in [0.2, 0.25) is 5.89 Å². The smallest absolute Gasteiger partial charge is 0.228 e. The van der Waals surface area contributed by atoms with Crippen LogP contribution in [-0.4, -0.2) is 22.7 Å². The van der Waals surface area contributed by atoms with Crippen LogP contribution in [0.1, 0.15) is 32.0 Å². The summed E-state index contributed by atoms with van der Waals surface area (Å²) in [6, 6.07) is 6.81. The van der Waals surface area contributed by atoms with E-state index >= 15 is 0 Å². The fourth-order valence-corrected chi connectivity index (χ4v) is 2.64. The van der Waals surface area contributed by atoms with Crippen LogP contribution in [0.3, 0.4) is 0 Å². The largest absolute Gasteiger partial charge is 0.339 e. The summed E-state index contributed by atoms with van der Waals surface area (Å²) >= 11 is 1.49. The third-order valence-electron chi connectivity index (χ3n) is 2.90. The summed E-state index contributed by atoms with van der Waals surface area (Å²) in [5.41, 5.74) is 0. The van der Waals surface area contributed by atoms with Crippen molar-refractivity contribution in [1.82, 2.24) is 15.5 Å². The minimum absolute atomic E-state index is 0.232. The molecular formula is C15H20FN3OS. The molecule has 2 aromatic rings. The molecule has 0 aliphatic rings. The monoisotopic (exact) mass is 309 g/mol. The van der Waals surface area contributed by atoms with Gasteiger partial charge in [0.05, 0.1) is 5.75 Å². The Hall–Kier alpha value is -1.40. The zero-order valence-corrected chi connectivity index (χ0v) is 13.1. The predicted molar refractivity (Wildman–Crippen MR) is 81.7 cm³/mol. The van der Waals surface area contributed by atoms with Crippen LogP contribution in [0.25, 0.3) is 0 Å². The van der Waals surface area contributed by atoms with E-state index in [1.54, 1.807) is 6.07 Å². The van der Waals surface area contributed by atoms with Crippen LogP contribution in [0, 0.1) is 5.82 Å². The molecule has 0 aliphatic heterocycles. The van der Waals surface area contributed by atoms with Gasteiger partial charge in [-0.15, -0.1) is 11.8 Å². The highest BCUT2D eigenvalue weighted by molar-refractivity contribution is 7.98. The molecule has 0 fully saturated rings. The summed E-state index contributed by atoms with van der Waals surface area (Å²) in [5, 5.41) is 7.34. The Bertz CT molecular complexity index is 561. The Morgan fingerprint density at radius 3 is 3.05 bits per heavy atom. The number of thioether (sulfide) groups is 1. The molecule has 1 atom stereocenters. The number of hydrogen-bond acceptors (Lipinski definition) is 5. The zero-order valence-electron chi connectivity index (χ0n) is 12.3. The van der Waals surface area contributed by atoms with Gasteiger partial charge in [0.15, 0.2) is 5.82 Å². The average molecular weight is 309 g/mol. The van der Waals surface area contributed by atoms with Crippen molar-refractivity contribution >= 4 is 11.8 Å². The van der Waals surface area contributed by atoms with Crippen molar-refractivity contribution < 1.29 is 8.91 Å². The number of rotatable bonds is 8. The molecule has 1 aromatic carbocycles. The highest BCUT2D eigenvalue weighted by Crippen LogP contribution is 2.22. The van der Waals surface area contributed by atoms with Crippen molar-refractivity contribution in [2.45, 2.75) is 43.4 Å². The zero-order chi connectivity index (χ0) is 15.1. The third kappa shape index (κ3) is 5.47. The van der Waals surface area contributed by atoms with Gasteiger partial charge < -0.3 is 9.84 Å². The number of halogens is 1. The van der Waals surface area contributed by atoms with Crippen molar-refractivity contribution in [2.24, 2.45) is 0 Å². The van der Waals surface area contributed by atoms with E-state index in [-0.39, 0.29) is 5.82 Å². The van der Waals surface area contributed by atoms with Crippen LogP contribution in [0.15, 0.2) is 33.7 Å². The number of benzene rings is 1. The van der Waals surface area contributed by atoms with E-state index in [9.17, 15) is 4.39 Å². The Morgan fingerprint density at radius 2 is 2.29 bits per heavy atom. The molecule has 2 rings (SSSR count). The molecule has 114 valence electrons. The van der Waals surface area contributed by atoms with Crippen LogP contribution in [0.4, 0.5) is 4.39 Å². The summed E-state index contributed by atoms with van der Waals surface area (Å²) < 4.78 is 18.3. The van der Waals surface area contributed by atoms with Crippen LogP contribution in [0.5, 0.6) is 0 Å². The standard InChI is InChI=1S/C15H20FN3OS/c1-3-7-17-11(2)8-15-18-14(19-20-15)10-21-13-6-4-5-12(16)9-13/h4-6,9,11,17H,3,7-8,10H2,1-2H3. The number of nitrogens with one attached hydrogen (secondary N) is 1. The van der Waals surface area contributed by atoms with Gasteiger partial charge >= 0.3 is 0 Å². The maximum Gasteiger partial charge on any atom is 0.228 e. The van der Waals surface area contributed by atoms with E-state index in [0.29, 0.717) is 23.5 Å². The fourth-order valence-electron chi connectivity index (χ4n) is 1.86. The van der Waals surface area contributed by atoms with E-state index in [2.05, 4.69) is 29.3 Å². The molecule has 0 amide bonds. The first kappa shape index (κ1) is 16.0. The summed E-state index contributed by atoms with van der Waals surface area (Å²) in [6.45, 7) is 5.22. The number of hydrogen-bond donors (Lipinski definition) is 1. The maximum atomic E-state index is 13.1. The molecule has 6 heteroatoms. The molecule has 0 bridgehead atoms. The van der Waals surface area contributed by atoms with Crippen molar-refractivity contribution in [3.05, 3.63) is 41.8 Å². The van der Waals surface area contributed by atoms with Crippen LogP contribution < -0.4 is 5.32 Å². The van der Waals surface area contributed by atoms with Crippen molar-refractivity contribution in [3.8, 4) is 0 Å². The molecule has 0 spiro atoms. The van der Waals surface area contributed by atoms with Gasteiger partial charge in [-0.1, -0.05) is 18.1 Å². The molecule has 0 aliphatic carbocycles. The normalized spacial score (nSPS) is 12.5. The second-order valence-corrected chi connectivity index (χ2v) is 5.96. The Labute approximate surface area is 128 Å². The number of nitrogens with zero attached hydrogens (tertiary/aromatic N) is 2. The van der Waals surface area contributed by atoms with Crippen molar-refractivity contribution in [1.29, 1.82) is 0 Å². The van der Waals surface area contributed by atoms with E-state index in [1.165, 1.54) is 23.9 Å². The van der Waals surface area contributed by atoms with Gasteiger partial charge in [-0.25, -0.2) is 4.39 Å². The first-order chi connectivity index (χ1) is 10.2. The molecule has 1 aromatic heterocycles. The topological polar surface area (TPSA) is 51.0 Å². The molecule has 4 nitrogen and oxygen atoms in total. The van der Waals surface area contributed by atoms with Crippen LogP contribution in [-0.2, 0) is 12.2 Å². The summed E-state index contributed by atoms with van der Waals surface area (Å²) in [5.74, 6) is 1.62. The first-order valence-corrected chi connectivity index (χ1v) is 8.09. The average Bonchev–Trinajstić information content (AvgIpc) is 2.90. The second kappa shape index (κ2) is 8.14. The molecule has 0 saturated heterocycles. The first-order valence-electron chi connectivity index (χ1n) is 7.10. The molecule has 1 N–H and O–H groups in total. The lowest BCUT2D eigenvalue weighted by molar-refractivity contribution is 0.358. The lowest BCUT2D eigenvalue weighted by atomic mass is 10.2. The number of aromatic nitrogens is 2. The Morgan fingerprint density at radius 1 is 1.43 bits per heavy atom. The lowest BCUT2D eigenvalue weighted by Crippen LogP contribution is -2.28. The van der Waals surface area contributed by atoms with Gasteiger partial charge in [-0.2, -0.15) is 4.98 Å². The maximum absolute atomic E-state index is 13.1. The predicted octanol–water partition coefficient (Wildman–Crippen LogP) is 3.43. The van der Waals surface area contributed by atoms with Gasteiger partial charge in [0.1, 0.15) is 5.82 Å². The minimum Gasteiger partial charge on any atom is -0.339 e. The lowest BCUT2D eigenvalue weighted by Gasteiger charge is -2.09. The molecule has 1 unspecified atom stereocenters. The van der Waals surface area contributed by atoms with E-state index in [0.717, 1.165) is 24.3 Å².